The Balaban J connectivity index is 2.13. The summed E-state index contributed by atoms with van der Waals surface area (Å²) in [6.07, 6.45) is -3.98. The third-order valence-corrected chi connectivity index (χ3v) is 9.06. The van der Waals surface area contributed by atoms with Crippen molar-refractivity contribution in [2.45, 2.75) is 73.0 Å². The molecule has 11 heteroatoms. The van der Waals surface area contributed by atoms with Gasteiger partial charge in [-0.1, -0.05) is 59.9 Å². The summed E-state index contributed by atoms with van der Waals surface area (Å²) in [6, 6.07) is 7.15. The average Bonchev–Trinajstić information content (AvgIpc) is 2.65. The molecule has 0 unspecified atom stereocenters. The Morgan fingerprint density at radius 1 is 1.23 bits per heavy atom. The standard InChI is InChI=1S/C20H31IO8SSi/c1-13-6-8-15(9-7-13)30(24,25)27-12-16-19(28-14(2)22)18(23)17(21)20(29-16)26-10-11-31(3,4)5/h6-9,16-20,23H,10-12H2,1-5H3/t16-,17-,18+,19+,20-/m0/s1. The molecule has 1 N–H and O–H groups in total. The molecule has 1 aromatic carbocycles. The fourth-order valence-electron chi connectivity index (χ4n) is 2.90. The molecule has 1 fully saturated rings. The maximum atomic E-state index is 12.5. The minimum absolute atomic E-state index is 0.00759. The summed E-state index contributed by atoms with van der Waals surface area (Å²) in [4.78, 5) is 11.6. The number of halogens is 1. The number of hydrogen-bond donors (Lipinski definition) is 1. The first-order valence-corrected chi connectivity index (χ1v) is 16.4. The lowest BCUT2D eigenvalue weighted by atomic mass is 10.0. The number of aryl methyl sites for hydroxylation is 1. The van der Waals surface area contributed by atoms with E-state index in [2.05, 4.69) is 19.6 Å². The number of carbonyl (C=O) groups excluding carboxylic acids is 1. The Kier molecular flexibility index (Phi) is 9.49. The van der Waals surface area contributed by atoms with Crippen molar-refractivity contribution in [3.8, 4) is 0 Å². The van der Waals surface area contributed by atoms with E-state index in [9.17, 15) is 18.3 Å². The van der Waals surface area contributed by atoms with Crippen molar-refractivity contribution in [1.82, 2.24) is 0 Å². The third kappa shape index (κ3) is 8.05. The smallest absolute Gasteiger partial charge is 0.303 e. The van der Waals surface area contributed by atoms with Crippen LogP contribution in [0.1, 0.15) is 12.5 Å². The second kappa shape index (κ2) is 11.0. The molecule has 1 aliphatic heterocycles. The molecule has 8 nitrogen and oxygen atoms in total. The molecular weight excluding hydrogens is 555 g/mol. The molecule has 5 atom stereocenters. The number of rotatable bonds is 9. The van der Waals surface area contributed by atoms with Gasteiger partial charge in [0.2, 0.25) is 0 Å². The molecule has 2 rings (SSSR count). The zero-order valence-electron chi connectivity index (χ0n) is 18.4. The summed E-state index contributed by atoms with van der Waals surface area (Å²) in [5.41, 5.74) is 0.916. The van der Waals surface area contributed by atoms with Crippen LogP contribution in [0.15, 0.2) is 29.2 Å². The van der Waals surface area contributed by atoms with Crippen LogP contribution < -0.4 is 0 Å². The van der Waals surface area contributed by atoms with Crippen molar-refractivity contribution >= 4 is 46.8 Å². The molecule has 0 radical (unpaired) electrons. The molecule has 0 aliphatic carbocycles. The molecule has 0 saturated carbocycles. The van der Waals surface area contributed by atoms with Crippen molar-refractivity contribution < 1.29 is 36.7 Å². The second-order valence-electron chi connectivity index (χ2n) is 8.79. The summed E-state index contributed by atoms with van der Waals surface area (Å²) in [6.45, 7) is 9.75. The van der Waals surface area contributed by atoms with E-state index in [1.807, 2.05) is 29.5 Å². The Labute approximate surface area is 198 Å². The van der Waals surface area contributed by atoms with Gasteiger partial charge in [-0.2, -0.15) is 8.42 Å². The lowest BCUT2D eigenvalue weighted by Gasteiger charge is -2.41. The van der Waals surface area contributed by atoms with Gasteiger partial charge in [0, 0.05) is 21.6 Å². The largest absolute Gasteiger partial charge is 0.457 e. The van der Waals surface area contributed by atoms with Gasteiger partial charge in [-0.15, -0.1) is 0 Å². The van der Waals surface area contributed by atoms with E-state index in [0.29, 0.717) is 6.61 Å². The van der Waals surface area contributed by atoms with Gasteiger partial charge in [-0.3, -0.25) is 8.98 Å². The quantitative estimate of drug-likeness (QED) is 0.155. The lowest BCUT2D eigenvalue weighted by Crippen LogP contribution is -2.58. The van der Waals surface area contributed by atoms with E-state index in [0.717, 1.165) is 11.6 Å². The van der Waals surface area contributed by atoms with Crippen LogP contribution in [0.25, 0.3) is 0 Å². The SMILES string of the molecule is CC(=O)O[C@H]1[C@H](O)[C@H](I)[C@@H](OCC[Si](C)(C)C)O[C@H]1COS(=O)(=O)c1ccc(C)cc1. The molecule has 31 heavy (non-hydrogen) atoms. The maximum absolute atomic E-state index is 12.5. The Hall–Kier alpha value is -0.573. The fourth-order valence-corrected chi connectivity index (χ4v) is 5.34. The van der Waals surface area contributed by atoms with Crippen LogP contribution in [0.5, 0.6) is 0 Å². The normalized spacial score (nSPS) is 27.1. The van der Waals surface area contributed by atoms with Gasteiger partial charge >= 0.3 is 5.97 Å². The lowest BCUT2D eigenvalue weighted by molar-refractivity contribution is -0.252. The van der Waals surface area contributed by atoms with Gasteiger partial charge in [0.25, 0.3) is 10.1 Å². The van der Waals surface area contributed by atoms with Gasteiger partial charge in [-0.25, -0.2) is 0 Å². The molecule has 0 bridgehead atoms. The van der Waals surface area contributed by atoms with E-state index >= 15 is 0 Å². The highest BCUT2D eigenvalue weighted by molar-refractivity contribution is 14.1. The predicted octanol–water partition coefficient (Wildman–Crippen LogP) is 2.88. The van der Waals surface area contributed by atoms with Crippen molar-refractivity contribution in [1.29, 1.82) is 0 Å². The number of hydrogen-bond acceptors (Lipinski definition) is 8. The monoisotopic (exact) mass is 586 g/mol. The minimum Gasteiger partial charge on any atom is -0.457 e. The molecule has 1 heterocycles. The average molecular weight is 587 g/mol. The van der Waals surface area contributed by atoms with E-state index in [-0.39, 0.29) is 4.90 Å². The van der Waals surface area contributed by atoms with Gasteiger partial charge in [0.15, 0.2) is 12.4 Å². The van der Waals surface area contributed by atoms with Gasteiger partial charge in [-0.05, 0) is 25.1 Å². The molecule has 176 valence electrons. The molecular formula is C20H31IO8SSi. The molecule has 1 saturated heterocycles. The number of alkyl halides is 1. The van der Waals surface area contributed by atoms with E-state index in [4.69, 9.17) is 18.4 Å². The summed E-state index contributed by atoms with van der Waals surface area (Å²) in [5.74, 6) is -0.610. The summed E-state index contributed by atoms with van der Waals surface area (Å²) < 4.78 is 46.8. The Morgan fingerprint density at radius 3 is 2.39 bits per heavy atom. The second-order valence-corrected chi connectivity index (χ2v) is 17.5. The number of benzene rings is 1. The van der Waals surface area contributed by atoms with Crippen LogP contribution in [-0.2, 0) is 33.3 Å². The molecule has 0 amide bonds. The predicted molar refractivity (Wildman–Crippen MR) is 126 cm³/mol. The van der Waals surface area contributed by atoms with Crippen molar-refractivity contribution in [3.63, 3.8) is 0 Å². The highest BCUT2D eigenvalue weighted by Crippen LogP contribution is 2.31. The first-order chi connectivity index (χ1) is 14.3. The molecule has 0 spiro atoms. The van der Waals surface area contributed by atoms with Crippen LogP contribution in [0.3, 0.4) is 0 Å². The van der Waals surface area contributed by atoms with Crippen molar-refractivity contribution in [3.05, 3.63) is 29.8 Å². The van der Waals surface area contributed by atoms with E-state index in [1.165, 1.54) is 19.1 Å². The van der Waals surface area contributed by atoms with E-state index < -0.39 is 59.3 Å². The van der Waals surface area contributed by atoms with Crippen molar-refractivity contribution in [2.75, 3.05) is 13.2 Å². The topological polar surface area (TPSA) is 108 Å². The molecule has 1 aliphatic rings. The number of aliphatic hydroxyl groups excluding tert-OH is 1. The zero-order chi connectivity index (χ0) is 23.4. The summed E-state index contributed by atoms with van der Waals surface area (Å²) >= 11 is 2.00. The van der Waals surface area contributed by atoms with Crippen LogP contribution in [-0.4, -0.2) is 69.3 Å². The number of carbonyl (C=O) groups is 1. The van der Waals surface area contributed by atoms with Crippen LogP contribution in [0.2, 0.25) is 25.7 Å². The van der Waals surface area contributed by atoms with Crippen LogP contribution in [0, 0.1) is 6.92 Å². The number of aliphatic hydroxyl groups is 1. The number of ether oxygens (including phenoxy) is 3. The van der Waals surface area contributed by atoms with Gasteiger partial charge < -0.3 is 19.3 Å². The zero-order valence-corrected chi connectivity index (χ0v) is 22.4. The Morgan fingerprint density at radius 2 is 1.84 bits per heavy atom. The maximum Gasteiger partial charge on any atom is 0.303 e. The Bertz CT molecular complexity index is 840. The van der Waals surface area contributed by atoms with Crippen LogP contribution >= 0.6 is 22.6 Å². The highest BCUT2D eigenvalue weighted by atomic mass is 127. The van der Waals surface area contributed by atoms with Gasteiger partial charge in [0.1, 0.15) is 12.2 Å². The molecule has 0 aromatic heterocycles. The highest BCUT2D eigenvalue weighted by Gasteiger charge is 2.47. The number of esters is 1. The minimum atomic E-state index is -4.05. The van der Waals surface area contributed by atoms with Gasteiger partial charge in [0.05, 0.1) is 15.4 Å². The first-order valence-electron chi connectivity index (χ1n) is 10.0. The fraction of sp³-hybridized carbons (Fsp3) is 0.650. The van der Waals surface area contributed by atoms with E-state index in [1.54, 1.807) is 12.1 Å². The summed E-state index contributed by atoms with van der Waals surface area (Å²) in [7, 11) is -5.39. The van der Waals surface area contributed by atoms with Crippen LogP contribution in [0.4, 0.5) is 0 Å². The third-order valence-electron chi connectivity index (χ3n) is 4.73. The molecule has 1 aromatic rings. The van der Waals surface area contributed by atoms with Crippen molar-refractivity contribution in [2.24, 2.45) is 0 Å². The summed E-state index contributed by atoms with van der Waals surface area (Å²) in [5, 5.41) is 10.7. The first kappa shape index (κ1) is 26.7.